The Morgan fingerprint density at radius 3 is 2.43 bits per heavy atom. The normalized spacial score (nSPS) is 10.0. The van der Waals surface area contributed by atoms with Crippen molar-refractivity contribution < 1.29 is 14.3 Å². The van der Waals surface area contributed by atoms with Crippen LogP contribution in [0.2, 0.25) is 0 Å². The first-order valence-electron chi connectivity index (χ1n) is 6.14. The summed E-state index contributed by atoms with van der Waals surface area (Å²) in [6.45, 7) is 0. The third-order valence-corrected chi connectivity index (χ3v) is 3.69. The zero-order valence-electron chi connectivity index (χ0n) is 11.6. The molecule has 0 spiro atoms. The van der Waals surface area contributed by atoms with E-state index in [0.29, 0.717) is 32.9 Å². The van der Waals surface area contributed by atoms with Gasteiger partial charge < -0.3 is 20.5 Å². The molecule has 0 bridgehead atoms. The molecule has 0 saturated heterocycles. The summed E-state index contributed by atoms with van der Waals surface area (Å²) in [5.41, 5.74) is 7.32. The van der Waals surface area contributed by atoms with E-state index in [1.54, 1.807) is 30.3 Å². The standard InChI is InChI=1S/C15H15BrN2O3/c1-20-11-8-10(13(17)14(21-2)12(11)16)18-15(19)9-6-4-3-5-7-9/h3-8H,17H2,1-2H3,(H,18,19). The molecule has 0 atom stereocenters. The van der Waals surface area contributed by atoms with Gasteiger partial charge in [-0.25, -0.2) is 0 Å². The van der Waals surface area contributed by atoms with Crippen molar-refractivity contribution in [2.75, 3.05) is 25.3 Å². The zero-order chi connectivity index (χ0) is 15.4. The molecule has 21 heavy (non-hydrogen) atoms. The fraction of sp³-hybridized carbons (Fsp3) is 0.133. The fourth-order valence-corrected chi connectivity index (χ4v) is 2.51. The molecule has 0 heterocycles. The third kappa shape index (κ3) is 3.11. The highest BCUT2D eigenvalue weighted by Gasteiger charge is 2.17. The van der Waals surface area contributed by atoms with Crippen molar-refractivity contribution in [3.8, 4) is 11.5 Å². The number of nitrogens with two attached hydrogens (primary N) is 1. The van der Waals surface area contributed by atoms with Crippen molar-refractivity contribution in [3.05, 3.63) is 46.4 Å². The molecule has 6 heteroatoms. The number of benzene rings is 2. The van der Waals surface area contributed by atoms with Crippen LogP contribution in [-0.4, -0.2) is 20.1 Å². The molecule has 0 aliphatic carbocycles. The summed E-state index contributed by atoms with van der Waals surface area (Å²) in [6, 6.07) is 10.5. The van der Waals surface area contributed by atoms with Crippen LogP contribution in [0.5, 0.6) is 11.5 Å². The number of amides is 1. The summed E-state index contributed by atoms with van der Waals surface area (Å²) in [4.78, 5) is 12.2. The van der Waals surface area contributed by atoms with E-state index in [2.05, 4.69) is 21.2 Å². The number of rotatable bonds is 4. The van der Waals surface area contributed by atoms with Crippen molar-refractivity contribution in [2.45, 2.75) is 0 Å². The second kappa shape index (κ2) is 6.49. The molecule has 1 amide bonds. The molecular formula is C15H15BrN2O3. The van der Waals surface area contributed by atoms with Crippen LogP contribution in [-0.2, 0) is 0 Å². The Bertz CT molecular complexity index is 660. The fourth-order valence-electron chi connectivity index (χ4n) is 1.86. The minimum absolute atomic E-state index is 0.256. The number of nitrogens with one attached hydrogen (secondary N) is 1. The predicted molar refractivity (Wildman–Crippen MR) is 86.1 cm³/mol. The van der Waals surface area contributed by atoms with Gasteiger partial charge in [-0.2, -0.15) is 0 Å². The number of ether oxygens (including phenoxy) is 2. The van der Waals surface area contributed by atoms with Crippen molar-refractivity contribution in [1.82, 2.24) is 0 Å². The maximum atomic E-state index is 12.2. The monoisotopic (exact) mass is 350 g/mol. The summed E-state index contributed by atoms with van der Waals surface area (Å²) in [7, 11) is 3.03. The minimum atomic E-state index is -0.256. The maximum absolute atomic E-state index is 12.2. The third-order valence-electron chi connectivity index (χ3n) is 2.93. The van der Waals surface area contributed by atoms with Crippen LogP contribution >= 0.6 is 15.9 Å². The first-order chi connectivity index (χ1) is 10.1. The van der Waals surface area contributed by atoms with Gasteiger partial charge in [0.05, 0.1) is 25.6 Å². The predicted octanol–water partition coefficient (Wildman–Crippen LogP) is 3.30. The van der Waals surface area contributed by atoms with E-state index in [4.69, 9.17) is 15.2 Å². The van der Waals surface area contributed by atoms with Crippen molar-refractivity contribution in [1.29, 1.82) is 0 Å². The van der Waals surface area contributed by atoms with E-state index in [1.165, 1.54) is 14.2 Å². The Morgan fingerprint density at radius 1 is 1.19 bits per heavy atom. The highest BCUT2D eigenvalue weighted by Crippen LogP contribution is 2.43. The van der Waals surface area contributed by atoms with Gasteiger partial charge in [0.1, 0.15) is 10.2 Å². The molecule has 2 aromatic carbocycles. The molecule has 0 aromatic heterocycles. The molecule has 0 fully saturated rings. The summed E-state index contributed by atoms with van der Waals surface area (Å²) >= 11 is 3.36. The van der Waals surface area contributed by atoms with E-state index in [-0.39, 0.29) is 5.91 Å². The van der Waals surface area contributed by atoms with E-state index < -0.39 is 0 Å². The number of anilines is 2. The number of carbonyl (C=O) groups is 1. The molecule has 0 aliphatic heterocycles. The lowest BCUT2D eigenvalue weighted by Crippen LogP contribution is -2.13. The average molecular weight is 351 g/mol. The molecule has 0 radical (unpaired) electrons. The number of carbonyl (C=O) groups excluding carboxylic acids is 1. The molecule has 5 nitrogen and oxygen atoms in total. The lowest BCUT2D eigenvalue weighted by Gasteiger charge is -2.16. The summed E-state index contributed by atoms with van der Waals surface area (Å²) < 4.78 is 11.1. The molecule has 0 unspecified atom stereocenters. The van der Waals surface area contributed by atoms with Crippen LogP contribution in [0.3, 0.4) is 0 Å². The number of halogens is 1. The van der Waals surface area contributed by atoms with Crippen LogP contribution in [0.15, 0.2) is 40.9 Å². The van der Waals surface area contributed by atoms with E-state index in [1.807, 2.05) is 6.07 Å². The van der Waals surface area contributed by atoms with Gasteiger partial charge >= 0.3 is 0 Å². The minimum Gasteiger partial charge on any atom is -0.495 e. The summed E-state index contributed by atoms with van der Waals surface area (Å²) in [6.07, 6.45) is 0. The molecule has 2 rings (SSSR count). The highest BCUT2D eigenvalue weighted by molar-refractivity contribution is 9.10. The Balaban J connectivity index is 2.38. The quantitative estimate of drug-likeness (QED) is 0.829. The van der Waals surface area contributed by atoms with Gasteiger partial charge in [-0.05, 0) is 28.1 Å². The van der Waals surface area contributed by atoms with Crippen LogP contribution in [0, 0.1) is 0 Å². The lowest BCUT2D eigenvalue weighted by molar-refractivity contribution is 0.102. The Kier molecular flexibility index (Phi) is 4.70. The highest BCUT2D eigenvalue weighted by atomic mass is 79.9. The first-order valence-corrected chi connectivity index (χ1v) is 6.94. The van der Waals surface area contributed by atoms with Crippen LogP contribution in [0.4, 0.5) is 11.4 Å². The Hall–Kier alpha value is -2.21. The van der Waals surface area contributed by atoms with Crippen molar-refractivity contribution in [2.24, 2.45) is 0 Å². The number of hydrogen-bond acceptors (Lipinski definition) is 4. The van der Waals surface area contributed by atoms with E-state index in [9.17, 15) is 4.79 Å². The molecule has 3 N–H and O–H groups in total. The van der Waals surface area contributed by atoms with E-state index >= 15 is 0 Å². The van der Waals surface area contributed by atoms with Crippen LogP contribution in [0.1, 0.15) is 10.4 Å². The molecular weight excluding hydrogens is 336 g/mol. The van der Waals surface area contributed by atoms with Crippen LogP contribution in [0.25, 0.3) is 0 Å². The van der Waals surface area contributed by atoms with Gasteiger partial charge in [-0.3, -0.25) is 4.79 Å². The lowest BCUT2D eigenvalue weighted by atomic mass is 10.2. The number of hydrogen-bond donors (Lipinski definition) is 2. The Morgan fingerprint density at radius 2 is 1.86 bits per heavy atom. The smallest absolute Gasteiger partial charge is 0.255 e. The molecule has 0 aliphatic rings. The zero-order valence-corrected chi connectivity index (χ0v) is 13.2. The number of nitrogen functional groups attached to an aromatic ring is 1. The molecule has 110 valence electrons. The molecule has 2 aromatic rings. The van der Waals surface area contributed by atoms with Gasteiger partial charge in [-0.1, -0.05) is 18.2 Å². The SMILES string of the molecule is COc1cc(NC(=O)c2ccccc2)c(N)c(OC)c1Br. The van der Waals surface area contributed by atoms with Gasteiger partial charge in [0.15, 0.2) is 5.75 Å². The second-order valence-corrected chi connectivity index (χ2v) is 5.00. The second-order valence-electron chi connectivity index (χ2n) is 4.21. The van der Waals surface area contributed by atoms with Crippen molar-refractivity contribution in [3.63, 3.8) is 0 Å². The largest absolute Gasteiger partial charge is 0.495 e. The van der Waals surface area contributed by atoms with Crippen molar-refractivity contribution >= 4 is 33.2 Å². The average Bonchev–Trinajstić information content (AvgIpc) is 2.51. The van der Waals surface area contributed by atoms with Gasteiger partial charge in [0.2, 0.25) is 0 Å². The number of methoxy groups -OCH3 is 2. The van der Waals surface area contributed by atoms with E-state index in [0.717, 1.165) is 0 Å². The Labute approximate surface area is 131 Å². The van der Waals surface area contributed by atoms with Gasteiger partial charge in [-0.15, -0.1) is 0 Å². The van der Waals surface area contributed by atoms with Crippen LogP contribution < -0.4 is 20.5 Å². The van der Waals surface area contributed by atoms with Gasteiger partial charge in [0, 0.05) is 11.6 Å². The first kappa shape index (κ1) is 15.2. The van der Waals surface area contributed by atoms with Gasteiger partial charge in [0.25, 0.3) is 5.91 Å². The molecule has 0 saturated carbocycles. The summed E-state index contributed by atoms with van der Waals surface area (Å²) in [5, 5.41) is 2.76. The summed E-state index contributed by atoms with van der Waals surface area (Å²) in [5.74, 6) is 0.677. The maximum Gasteiger partial charge on any atom is 0.255 e. The topological polar surface area (TPSA) is 73.6 Å².